The molecule has 2 nitrogen and oxygen atoms in total. The third-order valence-electron chi connectivity index (χ3n) is 7.05. The van der Waals surface area contributed by atoms with Crippen molar-refractivity contribution in [2.75, 3.05) is 0 Å². The molecule has 0 fully saturated rings. The zero-order valence-corrected chi connectivity index (χ0v) is 21.1. The minimum absolute atomic E-state index is 0.0182. The Bertz CT molecular complexity index is 1950. The number of aromatic nitrogens is 1. The highest BCUT2D eigenvalue weighted by atomic mass is 19.4. The number of rotatable bonds is 2. The summed E-state index contributed by atoms with van der Waals surface area (Å²) in [6, 6.07) is 22.2. The van der Waals surface area contributed by atoms with Gasteiger partial charge in [0.25, 0.3) is 0 Å². The molecule has 6 rings (SSSR count). The Kier molecular flexibility index (Phi) is 4.64. The van der Waals surface area contributed by atoms with Gasteiger partial charge in [-0.05, 0) is 76.3 Å². The molecule has 0 spiro atoms. The molecule has 0 atom stereocenters. The maximum Gasteiger partial charge on any atom is 0.416 e. The van der Waals surface area contributed by atoms with Crippen LogP contribution in [0.3, 0.4) is 0 Å². The number of benzene rings is 4. The topological polar surface area (TPSA) is 26.0 Å². The molecule has 0 N–H and O–H groups in total. The molecule has 0 saturated heterocycles. The third-order valence-corrected chi connectivity index (χ3v) is 7.05. The quantitative estimate of drug-likeness (QED) is 0.231. The van der Waals surface area contributed by atoms with Gasteiger partial charge in [0.15, 0.2) is 0 Å². The fraction of sp³-hybridized carbons (Fsp3) is 0.182. The van der Waals surface area contributed by atoms with Crippen LogP contribution < -0.4 is 0 Å². The van der Waals surface area contributed by atoms with E-state index in [1.165, 1.54) is 17.7 Å². The average Bonchev–Trinajstić information content (AvgIpc) is 3.31. The first-order valence-corrected chi connectivity index (χ1v) is 12.3. The van der Waals surface area contributed by atoms with Crippen molar-refractivity contribution < 1.29 is 21.7 Å². The van der Waals surface area contributed by atoms with E-state index in [1.807, 2.05) is 12.1 Å². The maximum absolute atomic E-state index is 13.6. The molecular formula is C33H26F3NO. The summed E-state index contributed by atoms with van der Waals surface area (Å²) in [5, 5.41) is 1.60. The van der Waals surface area contributed by atoms with Crippen LogP contribution in [0, 0.1) is 6.85 Å². The number of pyridine rings is 1. The van der Waals surface area contributed by atoms with Gasteiger partial charge in [0.05, 0.1) is 11.3 Å². The van der Waals surface area contributed by atoms with E-state index in [-0.39, 0.29) is 27.5 Å². The molecule has 0 unspecified atom stereocenters. The molecule has 0 aliphatic carbocycles. The molecule has 0 aliphatic rings. The molecule has 190 valence electrons. The van der Waals surface area contributed by atoms with Gasteiger partial charge >= 0.3 is 6.18 Å². The first kappa shape index (κ1) is 20.9. The van der Waals surface area contributed by atoms with Crippen LogP contribution in [0.15, 0.2) is 89.5 Å². The lowest BCUT2D eigenvalue weighted by Crippen LogP contribution is -2.10. The number of hydrogen-bond donors (Lipinski definition) is 0. The lowest BCUT2D eigenvalue weighted by Gasteiger charge is -2.19. The molecular weight excluding hydrogens is 483 g/mol. The van der Waals surface area contributed by atoms with Gasteiger partial charge in [-0.3, -0.25) is 4.98 Å². The van der Waals surface area contributed by atoms with Gasteiger partial charge in [-0.2, -0.15) is 13.2 Å². The number of halogens is 3. The summed E-state index contributed by atoms with van der Waals surface area (Å²) in [6.07, 6.45) is -2.85. The molecule has 38 heavy (non-hydrogen) atoms. The van der Waals surface area contributed by atoms with Crippen LogP contribution in [-0.4, -0.2) is 4.98 Å². The second-order valence-corrected chi connectivity index (χ2v) is 10.6. The fourth-order valence-corrected chi connectivity index (χ4v) is 4.96. The van der Waals surface area contributed by atoms with Crippen LogP contribution in [0.2, 0.25) is 0 Å². The Morgan fingerprint density at radius 3 is 2.18 bits per heavy atom. The van der Waals surface area contributed by atoms with Crippen molar-refractivity contribution in [1.29, 1.82) is 0 Å². The molecule has 5 heteroatoms. The number of aryl methyl sites for hydroxylation is 1. The monoisotopic (exact) mass is 512 g/mol. The molecule has 0 radical (unpaired) electrons. The van der Waals surface area contributed by atoms with E-state index < -0.39 is 18.6 Å². The second-order valence-electron chi connectivity index (χ2n) is 10.6. The average molecular weight is 513 g/mol. The van der Waals surface area contributed by atoms with Gasteiger partial charge in [0.1, 0.15) is 11.2 Å². The zero-order valence-electron chi connectivity index (χ0n) is 24.1. The van der Waals surface area contributed by atoms with Crippen molar-refractivity contribution in [2.45, 2.75) is 39.2 Å². The van der Waals surface area contributed by atoms with E-state index >= 15 is 0 Å². The zero-order chi connectivity index (χ0) is 29.3. The SMILES string of the molecule is [2H]C([2H])([2H])c1ccc(-c2cc(-c3ccc(C(C)(C)C)cc3)ccn2)c2oc3c4cc(C(F)(F)F)ccc4ccc3c12. The van der Waals surface area contributed by atoms with E-state index in [4.69, 9.17) is 8.53 Å². The highest BCUT2D eigenvalue weighted by molar-refractivity contribution is 6.18. The molecule has 4 aromatic carbocycles. The van der Waals surface area contributed by atoms with Crippen LogP contribution in [0.5, 0.6) is 0 Å². The van der Waals surface area contributed by atoms with Crippen LogP contribution >= 0.6 is 0 Å². The smallest absolute Gasteiger partial charge is 0.416 e. The van der Waals surface area contributed by atoms with Crippen molar-refractivity contribution in [3.05, 3.63) is 102 Å². The molecule has 0 saturated carbocycles. The molecule has 2 heterocycles. The number of alkyl halides is 3. The highest BCUT2D eigenvalue weighted by Crippen LogP contribution is 2.42. The summed E-state index contributed by atoms with van der Waals surface area (Å²) >= 11 is 0. The Labute approximate surface area is 223 Å². The summed E-state index contributed by atoms with van der Waals surface area (Å²) in [5.41, 5.74) is 3.98. The number of nitrogens with zero attached hydrogens (tertiary/aromatic N) is 1. The Morgan fingerprint density at radius 2 is 1.47 bits per heavy atom. The fourth-order valence-electron chi connectivity index (χ4n) is 4.96. The van der Waals surface area contributed by atoms with Gasteiger partial charge in [0, 0.05) is 32.0 Å². The normalized spacial score (nSPS) is 14.1. The lowest BCUT2D eigenvalue weighted by atomic mass is 9.86. The molecule has 2 aromatic heterocycles. The summed E-state index contributed by atoms with van der Waals surface area (Å²) in [4.78, 5) is 4.56. The van der Waals surface area contributed by atoms with Crippen molar-refractivity contribution in [3.63, 3.8) is 0 Å². The summed E-state index contributed by atoms with van der Waals surface area (Å²) in [5.74, 6) is 0. The maximum atomic E-state index is 13.6. The minimum Gasteiger partial charge on any atom is -0.455 e. The predicted molar refractivity (Wildman–Crippen MR) is 148 cm³/mol. The number of furan rings is 1. The molecule has 0 amide bonds. The van der Waals surface area contributed by atoms with Crippen LogP contribution in [0.1, 0.15) is 41.6 Å². The molecule has 6 aromatic rings. The van der Waals surface area contributed by atoms with Crippen molar-refractivity contribution in [2.24, 2.45) is 0 Å². The van der Waals surface area contributed by atoms with Gasteiger partial charge < -0.3 is 4.42 Å². The van der Waals surface area contributed by atoms with Crippen LogP contribution in [0.4, 0.5) is 13.2 Å². The number of hydrogen-bond acceptors (Lipinski definition) is 2. The largest absolute Gasteiger partial charge is 0.455 e. The van der Waals surface area contributed by atoms with Gasteiger partial charge in [-0.1, -0.05) is 63.2 Å². The first-order chi connectivity index (χ1) is 19.2. The summed E-state index contributed by atoms with van der Waals surface area (Å²) in [7, 11) is 0. The molecule has 0 bridgehead atoms. The van der Waals surface area contributed by atoms with E-state index in [0.29, 0.717) is 27.4 Å². The Morgan fingerprint density at radius 1 is 0.737 bits per heavy atom. The standard InChI is InChI=1S/C33H26F3NO/c1-19-5-13-25(28-17-22(15-16-37-28)20-6-10-23(11-7-20)32(2,3)4)31-29(19)26-14-9-21-8-12-24(33(34,35)36)18-27(21)30(26)38-31/h5-18H,1-4H3/i1D3. The van der Waals surface area contributed by atoms with Crippen LogP contribution in [-0.2, 0) is 11.6 Å². The predicted octanol–water partition coefficient (Wildman–Crippen LogP) is 10.1. The minimum atomic E-state index is -4.53. The van der Waals surface area contributed by atoms with Crippen molar-refractivity contribution in [3.8, 4) is 22.4 Å². The van der Waals surface area contributed by atoms with E-state index in [2.05, 4.69) is 50.0 Å². The van der Waals surface area contributed by atoms with Gasteiger partial charge in [-0.25, -0.2) is 0 Å². The van der Waals surface area contributed by atoms with E-state index in [1.54, 1.807) is 24.4 Å². The summed E-state index contributed by atoms with van der Waals surface area (Å²) < 4.78 is 71.5. The van der Waals surface area contributed by atoms with Gasteiger partial charge in [-0.15, -0.1) is 0 Å². The third kappa shape index (κ3) is 4.03. The van der Waals surface area contributed by atoms with E-state index in [0.717, 1.165) is 23.3 Å². The van der Waals surface area contributed by atoms with Gasteiger partial charge in [0.2, 0.25) is 0 Å². The van der Waals surface area contributed by atoms with Crippen LogP contribution in [0.25, 0.3) is 55.1 Å². The van der Waals surface area contributed by atoms with E-state index in [9.17, 15) is 13.2 Å². The lowest BCUT2D eigenvalue weighted by molar-refractivity contribution is -0.137. The Balaban J connectivity index is 1.59. The second kappa shape index (κ2) is 8.45. The highest BCUT2D eigenvalue weighted by Gasteiger charge is 2.31. The first-order valence-electron chi connectivity index (χ1n) is 13.8. The Hall–Kier alpha value is -4.12. The van der Waals surface area contributed by atoms with Crippen molar-refractivity contribution >= 4 is 32.7 Å². The summed E-state index contributed by atoms with van der Waals surface area (Å²) in [6.45, 7) is 3.99. The molecule has 0 aliphatic heterocycles. The van der Waals surface area contributed by atoms with Crippen molar-refractivity contribution in [1.82, 2.24) is 4.98 Å². The number of fused-ring (bicyclic) bond motifs is 5.